The number of hydrogen-bond acceptors (Lipinski definition) is 4. The van der Waals surface area contributed by atoms with Crippen LogP contribution in [0.3, 0.4) is 0 Å². The zero-order valence-corrected chi connectivity index (χ0v) is 11.2. The second-order valence-corrected chi connectivity index (χ2v) is 5.48. The third-order valence-electron chi connectivity index (χ3n) is 2.59. The van der Waals surface area contributed by atoms with Crippen LogP contribution in [0.5, 0.6) is 11.6 Å². The van der Waals surface area contributed by atoms with Gasteiger partial charge in [-0.2, -0.15) is 0 Å². The number of nitrogens with two attached hydrogens (primary N) is 1. The lowest BCUT2D eigenvalue weighted by Crippen LogP contribution is -2.13. The zero-order chi connectivity index (χ0) is 13.9. The van der Waals surface area contributed by atoms with Gasteiger partial charge in [0.05, 0.1) is 0 Å². The maximum atomic E-state index is 11.4. The standard InChI is InChI=1S/C13H14N2O3S/c1-2-10-5-7-11(8-6-10)18-13-12(19(14,16)17)4-3-9-15-13/h3-9H,2H2,1H3,(H2,14,16,17). The van der Waals surface area contributed by atoms with E-state index in [9.17, 15) is 8.42 Å². The molecule has 0 spiro atoms. The summed E-state index contributed by atoms with van der Waals surface area (Å²) in [5.74, 6) is 0.495. The molecule has 0 fully saturated rings. The van der Waals surface area contributed by atoms with Gasteiger partial charge in [0, 0.05) is 6.20 Å². The first-order valence-corrected chi connectivity index (χ1v) is 7.30. The molecule has 0 aliphatic rings. The van der Waals surface area contributed by atoms with Gasteiger partial charge in [0.2, 0.25) is 15.9 Å². The third-order valence-corrected chi connectivity index (χ3v) is 3.51. The van der Waals surface area contributed by atoms with E-state index >= 15 is 0 Å². The Morgan fingerprint density at radius 3 is 2.47 bits per heavy atom. The molecular formula is C13H14N2O3S. The molecule has 1 heterocycles. The molecular weight excluding hydrogens is 264 g/mol. The van der Waals surface area contributed by atoms with Crippen LogP contribution < -0.4 is 9.88 Å². The van der Waals surface area contributed by atoms with Gasteiger partial charge in [0.1, 0.15) is 10.6 Å². The molecule has 6 heteroatoms. The van der Waals surface area contributed by atoms with Crippen molar-refractivity contribution in [2.45, 2.75) is 18.2 Å². The number of primary sulfonamides is 1. The van der Waals surface area contributed by atoms with Crippen molar-refractivity contribution in [3.8, 4) is 11.6 Å². The molecule has 0 aliphatic heterocycles. The lowest BCUT2D eigenvalue weighted by molar-refractivity contribution is 0.447. The number of rotatable bonds is 4. The Morgan fingerprint density at radius 2 is 1.89 bits per heavy atom. The molecule has 2 N–H and O–H groups in total. The molecule has 1 aromatic carbocycles. The Morgan fingerprint density at radius 1 is 1.21 bits per heavy atom. The molecule has 100 valence electrons. The maximum Gasteiger partial charge on any atom is 0.243 e. The molecule has 0 radical (unpaired) electrons. The second kappa shape index (κ2) is 5.38. The summed E-state index contributed by atoms with van der Waals surface area (Å²) in [4.78, 5) is 3.77. The molecule has 19 heavy (non-hydrogen) atoms. The zero-order valence-electron chi connectivity index (χ0n) is 10.4. The molecule has 0 amide bonds. The number of aryl methyl sites for hydroxylation is 1. The van der Waals surface area contributed by atoms with E-state index in [0.29, 0.717) is 5.75 Å². The van der Waals surface area contributed by atoms with Crippen LogP contribution in [0.25, 0.3) is 0 Å². The molecule has 0 saturated carbocycles. The van der Waals surface area contributed by atoms with E-state index in [2.05, 4.69) is 4.98 Å². The highest BCUT2D eigenvalue weighted by molar-refractivity contribution is 7.89. The average molecular weight is 278 g/mol. The van der Waals surface area contributed by atoms with Gasteiger partial charge in [-0.1, -0.05) is 19.1 Å². The van der Waals surface area contributed by atoms with Crippen molar-refractivity contribution in [3.63, 3.8) is 0 Å². The van der Waals surface area contributed by atoms with Crippen molar-refractivity contribution in [3.05, 3.63) is 48.2 Å². The molecule has 1 aromatic heterocycles. The summed E-state index contributed by atoms with van der Waals surface area (Å²) in [7, 11) is -3.85. The van der Waals surface area contributed by atoms with E-state index in [0.717, 1.165) is 6.42 Å². The van der Waals surface area contributed by atoms with Crippen LogP contribution in [0.1, 0.15) is 12.5 Å². The van der Waals surface area contributed by atoms with Crippen LogP contribution in [0.4, 0.5) is 0 Å². The average Bonchev–Trinajstić information content (AvgIpc) is 2.39. The van der Waals surface area contributed by atoms with E-state index in [1.54, 1.807) is 12.1 Å². The van der Waals surface area contributed by atoms with Crippen LogP contribution in [-0.2, 0) is 16.4 Å². The first kappa shape index (κ1) is 13.5. The summed E-state index contributed by atoms with van der Waals surface area (Å²) < 4.78 is 28.3. The number of benzene rings is 1. The smallest absolute Gasteiger partial charge is 0.243 e. The quantitative estimate of drug-likeness (QED) is 0.928. The normalized spacial score (nSPS) is 11.3. The van der Waals surface area contributed by atoms with Crippen LogP contribution in [0.15, 0.2) is 47.5 Å². The summed E-state index contributed by atoms with van der Waals surface area (Å²) in [6, 6.07) is 10.2. The van der Waals surface area contributed by atoms with Crippen LogP contribution >= 0.6 is 0 Å². The van der Waals surface area contributed by atoms with Gasteiger partial charge in [0.25, 0.3) is 0 Å². The van der Waals surface area contributed by atoms with Crippen molar-refractivity contribution in [1.82, 2.24) is 4.98 Å². The van der Waals surface area contributed by atoms with Gasteiger partial charge < -0.3 is 4.74 Å². The van der Waals surface area contributed by atoms with Crippen molar-refractivity contribution in [2.24, 2.45) is 5.14 Å². The molecule has 0 unspecified atom stereocenters. The van der Waals surface area contributed by atoms with E-state index in [-0.39, 0.29) is 10.8 Å². The summed E-state index contributed by atoms with van der Waals surface area (Å²) in [6.45, 7) is 2.05. The fourth-order valence-electron chi connectivity index (χ4n) is 1.57. The Hall–Kier alpha value is -1.92. The SMILES string of the molecule is CCc1ccc(Oc2ncccc2S(N)(=O)=O)cc1. The molecule has 2 aromatic rings. The second-order valence-electron chi connectivity index (χ2n) is 3.95. The predicted molar refractivity (Wildman–Crippen MR) is 71.5 cm³/mol. The molecule has 2 rings (SSSR count). The van der Waals surface area contributed by atoms with Crippen LogP contribution in [0.2, 0.25) is 0 Å². The third kappa shape index (κ3) is 3.30. The van der Waals surface area contributed by atoms with Crippen molar-refractivity contribution in [2.75, 3.05) is 0 Å². The topological polar surface area (TPSA) is 82.3 Å². The minimum Gasteiger partial charge on any atom is -0.438 e. The van der Waals surface area contributed by atoms with E-state index in [1.807, 2.05) is 19.1 Å². The van der Waals surface area contributed by atoms with Gasteiger partial charge in [-0.05, 0) is 36.2 Å². The lowest BCUT2D eigenvalue weighted by Gasteiger charge is -2.08. The van der Waals surface area contributed by atoms with Gasteiger partial charge in [-0.25, -0.2) is 18.5 Å². The number of aromatic nitrogens is 1. The predicted octanol–water partition coefficient (Wildman–Crippen LogP) is 2.08. The van der Waals surface area contributed by atoms with Gasteiger partial charge in [-0.3, -0.25) is 0 Å². The first-order valence-electron chi connectivity index (χ1n) is 5.75. The van der Waals surface area contributed by atoms with E-state index in [4.69, 9.17) is 9.88 Å². The maximum absolute atomic E-state index is 11.4. The van der Waals surface area contributed by atoms with Crippen molar-refractivity contribution >= 4 is 10.0 Å². The van der Waals surface area contributed by atoms with E-state index < -0.39 is 10.0 Å². The molecule has 0 aliphatic carbocycles. The molecule has 0 bridgehead atoms. The summed E-state index contributed by atoms with van der Waals surface area (Å²) >= 11 is 0. The van der Waals surface area contributed by atoms with Crippen LogP contribution in [0, 0.1) is 0 Å². The molecule has 0 saturated heterocycles. The summed E-state index contributed by atoms with van der Waals surface area (Å²) in [5, 5.41) is 5.11. The number of sulfonamides is 1. The fourth-order valence-corrected chi connectivity index (χ4v) is 2.18. The fraction of sp³-hybridized carbons (Fsp3) is 0.154. The van der Waals surface area contributed by atoms with Crippen LogP contribution in [-0.4, -0.2) is 13.4 Å². The molecule has 0 atom stereocenters. The van der Waals surface area contributed by atoms with Gasteiger partial charge >= 0.3 is 0 Å². The van der Waals surface area contributed by atoms with Crippen molar-refractivity contribution < 1.29 is 13.2 Å². The Bertz CT molecular complexity index is 667. The lowest BCUT2D eigenvalue weighted by atomic mass is 10.2. The highest BCUT2D eigenvalue weighted by Gasteiger charge is 2.16. The number of hydrogen-bond donors (Lipinski definition) is 1. The first-order chi connectivity index (χ1) is 9.00. The monoisotopic (exact) mass is 278 g/mol. The number of ether oxygens (including phenoxy) is 1. The van der Waals surface area contributed by atoms with E-state index in [1.165, 1.54) is 23.9 Å². The summed E-state index contributed by atoms with van der Waals surface area (Å²) in [6.07, 6.45) is 2.37. The Labute approximate surface area is 112 Å². The van der Waals surface area contributed by atoms with Crippen molar-refractivity contribution in [1.29, 1.82) is 0 Å². The number of pyridine rings is 1. The largest absolute Gasteiger partial charge is 0.438 e. The highest BCUT2D eigenvalue weighted by atomic mass is 32.2. The number of nitrogens with zero attached hydrogens (tertiary/aromatic N) is 1. The Balaban J connectivity index is 2.33. The highest BCUT2D eigenvalue weighted by Crippen LogP contribution is 2.25. The van der Waals surface area contributed by atoms with Gasteiger partial charge in [-0.15, -0.1) is 0 Å². The minimum atomic E-state index is -3.85. The Kier molecular flexibility index (Phi) is 3.82. The molecule has 5 nitrogen and oxygen atoms in total. The summed E-state index contributed by atoms with van der Waals surface area (Å²) in [5.41, 5.74) is 1.17. The minimum absolute atomic E-state index is 0.0192. The van der Waals surface area contributed by atoms with Gasteiger partial charge in [0.15, 0.2) is 0 Å².